The van der Waals surface area contributed by atoms with Gasteiger partial charge < -0.3 is 5.32 Å². The third-order valence-corrected chi connectivity index (χ3v) is 4.22. The molecule has 0 radical (unpaired) electrons. The van der Waals surface area contributed by atoms with Crippen molar-refractivity contribution >= 4 is 28.5 Å². The predicted octanol–water partition coefficient (Wildman–Crippen LogP) is 2.08. The summed E-state index contributed by atoms with van der Waals surface area (Å²) < 4.78 is 0. The van der Waals surface area contributed by atoms with Crippen molar-refractivity contribution in [1.29, 1.82) is 0 Å². The van der Waals surface area contributed by atoms with Crippen molar-refractivity contribution in [3.63, 3.8) is 0 Å². The number of fused-ring (bicyclic) bond motifs is 1. The first-order chi connectivity index (χ1) is 11.1. The lowest BCUT2D eigenvalue weighted by atomic mass is 10.1. The molecule has 1 aliphatic rings. The number of benzene rings is 1. The van der Waals surface area contributed by atoms with Crippen LogP contribution in [0.25, 0.3) is 10.9 Å². The SMILES string of the molecule is CC(C)CCNC(=O)[C@H]1CC(=O)N(c2n[nH]c3ccccc23)C1. The molecule has 6 heteroatoms. The van der Waals surface area contributed by atoms with Gasteiger partial charge in [-0.2, -0.15) is 5.10 Å². The summed E-state index contributed by atoms with van der Waals surface area (Å²) in [5, 5.41) is 11.0. The molecular formula is C17H22N4O2. The van der Waals surface area contributed by atoms with E-state index in [1.54, 1.807) is 4.90 Å². The number of carbonyl (C=O) groups is 2. The molecule has 2 amide bonds. The molecule has 23 heavy (non-hydrogen) atoms. The van der Waals surface area contributed by atoms with E-state index in [4.69, 9.17) is 0 Å². The molecule has 2 aromatic rings. The first kappa shape index (κ1) is 15.5. The Morgan fingerprint density at radius 2 is 2.22 bits per heavy atom. The second-order valence-electron chi connectivity index (χ2n) is 6.47. The van der Waals surface area contributed by atoms with Gasteiger partial charge in [0, 0.05) is 24.9 Å². The van der Waals surface area contributed by atoms with Crippen molar-refractivity contribution in [2.75, 3.05) is 18.0 Å². The number of hydrogen-bond donors (Lipinski definition) is 2. The molecular weight excluding hydrogens is 292 g/mol. The van der Waals surface area contributed by atoms with E-state index in [1.807, 2.05) is 24.3 Å². The highest BCUT2D eigenvalue weighted by atomic mass is 16.2. The highest BCUT2D eigenvalue weighted by Gasteiger charge is 2.36. The number of H-pyrrole nitrogens is 1. The van der Waals surface area contributed by atoms with E-state index < -0.39 is 0 Å². The van der Waals surface area contributed by atoms with Gasteiger partial charge in [0.1, 0.15) is 0 Å². The minimum absolute atomic E-state index is 0.0404. The summed E-state index contributed by atoms with van der Waals surface area (Å²) in [4.78, 5) is 26.2. The van der Waals surface area contributed by atoms with Crippen LogP contribution in [-0.2, 0) is 9.59 Å². The van der Waals surface area contributed by atoms with Crippen LogP contribution in [0.2, 0.25) is 0 Å². The van der Waals surface area contributed by atoms with Crippen LogP contribution < -0.4 is 10.2 Å². The van der Waals surface area contributed by atoms with Gasteiger partial charge in [-0.05, 0) is 24.5 Å². The number of hydrogen-bond acceptors (Lipinski definition) is 3. The van der Waals surface area contributed by atoms with Crippen molar-refractivity contribution in [2.24, 2.45) is 11.8 Å². The summed E-state index contributed by atoms with van der Waals surface area (Å²) in [6, 6.07) is 7.68. The van der Waals surface area contributed by atoms with E-state index in [1.165, 1.54) is 0 Å². The maximum Gasteiger partial charge on any atom is 0.229 e. The van der Waals surface area contributed by atoms with Gasteiger partial charge in [0.25, 0.3) is 0 Å². The molecule has 0 spiro atoms. The van der Waals surface area contributed by atoms with Gasteiger partial charge in [0.05, 0.1) is 11.4 Å². The molecule has 1 fully saturated rings. The predicted molar refractivity (Wildman–Crippen MR) is 89.0 cm³/mol. The molecule has 1 atom stereocenters. The molecule has 2 N–H and O–H groups in total. The fraction of sp³-hybridized carbons (Fsp3) is 0.471. The maximum absolute atomic E-state index is 12.3. The highest BCUT2D eigenvalue weighted by Crippen LogP contribution is 2.29. The van der Waals surface area contributed by atoms with E-state index >= 15 is 0 Å². The topological polar surface area (TPSA) is 78.1 Å². The number of aromatic amines is 1. The van der Waals surface area contributed by atoms with Crippen LogP contribution in [0.5, 0.6) is 0 Å². The van der Waals surface area contributed by atoms with Gasteiger partial charge in [-0.25, -0.2) is 0 Å². The molecule has 2 heterocycles. The number of nitrogens with one attached hydrogen (secondary N) is 2. The average molecular weight is 314 g/mol. The minimum atomic E-state index is -0.301. The summed E-state index contributed by atoms with van der Waals surface area (Å²) in [7, 11) is 0. The number of rotatable bonds is 5. The van der Waals surface area contributed by atoms with Crippen LogP contribution in [0, 0.1) is 11.8 Å². The van der Waals surface area contributed by atoms with Crippen LogP contribution in [0.4, 0.5) is 5.82 Å². The Labute approximate surface area is 135 Å². The number of aromatic nitrogens is 2. The second kappa shape index (κ2) is 6.40. The molecule has 0 saturated carbocycles. The molecule has 6 nitrogen and oxygen atoms in total. The third-order valence-electron chi connectivity index (χ3n) is 4.22. The molecule has 3 rings (SSSR count). The lowest BCUT2D eigenvalue weighted by Gasteiger charge is -2.14. The molecule has 1 aromatic carbocycles. The lowest BCUT2D eigenvalue weighted by Crippen LogP contribution is -2.34. The maximum atomic E-state index is 12.3. The zero-order valence-electron chi connectivity index (χ0n) is 13.5. The summed E-state index contributed by atoms with van der Waals surface area (Å²) in [6.45, 7) is 5.29. The van der Waals surface area contributed by atoms with Crippen molar-refractivity contribution < 1.29 is 9.59 Å². The monoisotopic (exact) mass is 314 g/mol. The van der Waals surface area contributed by atoms with E-state index in [-0.39, 0.29) is 24.2 Å². The number of amides is 2. The molecule has 1 aliphatic heterocycles. The Balaban J connectivity index is 1.69. The average Bonchev–Trinajstić information content (AvgIpc) is 3.10. The number of carbonyl (C=O) groups excluding carboxylic acids is 2. The van der Waals surface area contributed by atoms with Crippen LogP contribution >= 0.6 is 0 Å². The largest absolute Gasteiger partial charge is 0.356 e. The Bertz CT molecular complexity index is 722. The van der Waals surface area contributed by atoms with Crippen LogP contribution in [0.3, 0.4) is 0 Å². The minimum Gasteiger partial charge on any atom is -0.356 e. The van der Waals surface area contributed by atoms with E-state index in [0.29, 0.717) is 24.8 Å². The number of anilines is 1. The van der Waals surface area contributed by atoms with Gasteiger partial charge in [0.2, 0.25) is 11.8 Å². The number of para-hydroxylation sites is 1. The van der Waals surface area contributed by atoms with Gasteiger partial charge >= 0.3 is 0 Å². The Hall–Kier alpha value is -2.37. The molecule has 0 unspecified atom stereocenters. The van der Waals surface area contributed by atoms with E-state index in [0.717, 1.165) is 17.3 Å². The Morgan fingerprint density at radius 1 is 1.43 bits per heavy atom. The molecule has 122 valence electrons. The van der Waals surface area contributed by atoms with Gasteiger partial charge in [-0.15, -0.1) is 0 Å². The van der Waals surface area contributed by atoms with Crippen molar-refractivity contribution in [3.05, 3.63) is 24.3 Å². The fourth-order valence-corrected chi connectivity index (χ4v) is 2.87. The zero-order chi connectivity index (χ0) is 16.4. The first-order valence-electron chi connectivity index (χ1n) is 8.07. The van der Waals surface area contributed by atoms with Crippen molar-refractivity contribution in [2.45, 2.75) is 26.7 Å². The molecule has 0 aliphatic carbocycles. The normalized spacial score (nSPS) is 18.1. The lowest BCUT2D eigenvalue weighted by molar-refractivity contribution is -0.126. The van der Waals surface area contributed by atoms with Crippen LogP contribution in [0.1, 0.15) is 26.7 Å². The summed E-state index contributed by atoms with van der Waals surface area (Å²) in [5.41, 5.74) is 0.889. The second-order valence-corrected chi connectivity index (χ2v) is 6.47. The standard InChI is InChI=1S/C17H22N4O2/c1-11(2)7-8-18-17(23)12-9-15(22)21(10-12)16-13-5-3-4-6-14(13)19-20-16/h3-6,11-12H,7-10H2,1-2H3,(H,18,23)(H,19,20)/t12-/m0/s1. The molecule has 1 saturated heterocycles. The highest BCUT2D eigenvalue weighted by molar-refractivity contribution is 6.05. The zero-order valence-corrected chi connectivity index (χ0v) is 13.5. The van der Waals surface area contributed by atoms with E-state index in [9.17, 15) is 9.59 Å². The van der Waals surface area contributed by atoms with Crippen molar-refractivity contribution in [3.8, 4) is 0 Å². The fourth-order valence-electron chi connectivity index (χ4n) is 2.87. The summed E-state index contributed by atoms with van der Waals surface area (Å²) in [5.74, 6) is 0.772. The van der Waals surface area contributed by atoms with E-state index in [2.05, 4.69) is 29.4 Å². The third kappa shape index (κ3) is 3.21. The Kier molecular flexibility index (Phi) is 4.32. The summed E-state index contributed by atoms with van der Waals surface area (Å²) >= 11 is 0. The van der Waals surface area contributed by atoms with Gasteiger partial charge in [-0.1, -0.05) is 26.0 Å². The van der Waals surface area contributed by atoms with Gasteiger partial charge in [-0.3, -0.25) is 19.6 Å². The quantitative estimate of drug-likeness (QED) is 0.887. The summed E-state index contributed by atoms with van der Waals surface area (Å²) in [6.07, 6.45) is 1.19. The molecule has 1 aromatic heterocycles. The van der Waals surface area contributed by atoms with Crippen LogP contribution in [-0.4, -0.2) is 35.1 Å². The van der Waals surface area contributed by atoms with Gasteiger partial charge in [0.15, 0.2) is 5.82 Å². The molecule has 0 bridgehead atoms. The first-order valence-corrected chi connectivity index (χ1v) is 8.07. The Morgan fingerprint density at radius 3 is 3.00 bits per heavy atom. The smallest absolute Gasteiger partial charge is 0.229 e. The van der Waals surface area contributed by atoms with Crippen LogP contribution in [0.15, 0.2) is 24.3 Å². The number of nitrogens with zero attached hydrogens (tertiary/aromatic N) is 2. The van der Waals surface area contributed by atoms with Crippen molar-refractivity contribution in [1.82, 2.24) is 15.5 Å².